The average molecular weight is 376 g/mol. The van der Waals surface area contributed by atoms with Crippen LogP contribution in [0, 0.1) is 17.0 Å². The number of rotatable bonds is 5. The Hall–Kier alpha value is -2.81. The molecule has 1 saturated heterocycles. The number of piperidine rings is 1. The van der Waals surface area contributed by atoms with E-state index in [0.29, 0.717) is 54.5 Å². The Balaban J connectivity index is 1.86. The van der Waals surface area contributed by atoms with Crippen LogP contribution in [-0.2, 0) is 12.6 Å². The summed E-state index contributed by atoms with van der Waals surface area (Å²) in [6.07, 6.45) is 0.843. The van der Waals surface area contributed by atoms with Crippen LogP contribution >= 0.6 is 0 Å². The van der Waals surface area contributed by atoms with E-state index in [1.807, 2.05) is 4.90 Å². The van der Waals surface area contributed by atoms with Gasteiger partial charge in [-0.2, -0.15) is 5.10 Å². The Morgan fingerprint density at radius 3 is 2.22 bits per heavy atom. The third kappa shape index (κ3) is 3.42. The lowest BCUT2D eigenvalue weighted by atomic mass is 9.84. The van der Waals surface area contributed by atoms with Crippen molar-refractivity contribution in [2.75, 3.05) is 32.2 Å². The van der Waals surface area contributed by atoms with Gasteiger partial charge in [-0.1, -0.05) is 0 Å². The van der Waals surface area contributed by atoms with Crippen molar-refractivity contribution >= 4 is 11.5 Å². The minimum absolute atomic E-state index is 0.0194. The highest BCUT2D eigenvalue weighted by atomic mass is 16.6. The molecular weight excluding hydrogens is 352 g/mol. The molecule has 0 amide bonds. The van der Waals surface area contributed by atoms with Gasteiger partial charge >= 0.3 is 5.69 Å². The molecule has 1 aliphatic rings. The van der Waals surface area contributed by atoms with Gasteiger partial charge < -0.3 is 19.5 Å². The molecule has 0 spiro atoms. The molecule has 0 unspecified atom stereocenters. The van der Waals surface area contributed by atoms with E-state index >= 15 is 0 Å². The SMILES string of the molecule is COc1cc(OC)cc(C2(O)CCN(c3c([N+](=O)[O-])c(C)nn3C)CC2)c1. The first-order valence-corrected chi connectivity index (χ1v) is 8.68. The smallest absolute Gasteiger partial charge is 0.333 e. The van der Waals surface area contributed by atoms with Gasteiger partial charge in [0.2, 0.25) is 5.82 Å². The first-order valence-electron chi connectivity index (χ1n) is 8.68. The molecular formula is C18H24N4O5. The van der Waals surface area contributed by atoms with Crippen molar-refractivity contribution in [3.63, 3.8) is 0 Å². The van der Waals surface area contributed by atoms with Gasteiger partial charge in [0.15, 0.2) is 0 Å². The van der Waals surface area contributed by atoms with Gasteiger partial charge in [0.05, 0.1) is 24.7 Å². The van der Waals surface area contributed by atoms with E-state index in [0.717, 1.165) is 0 Å². The van der Waals surface area contributed by atoms with Gasteiger partial charge in [0, 0.05) is 26.2 Å². The van der Waals surface area contributed by atoms with Crippen LogP contribution in [-0.4, -0.2) is 47.1 Å². The van der Waals surface area contributed by atoms with E-state index < -0.39 is 10.5 Å². The number of ether oxygens (including phenoxy) is 2. The number of anilines is 1. The molecule has 2 heterocycles. The van der Waals surface area contributed by atoms with Crippen molar-refractivity contribution < 1.29 is 19.5 Å². The van der Waals surface area contributed by atoms with Crippen molar-refractivity contribution in [3.05, 3.63) is 39.6 Å². The topological polar surface area (TPSA) is 103 Å². The van der Waals surface area contributed by atoms with E-state index in [2.05, 4.69) is 5.10 Å². The average Bonchev–Trinajstić information content (AvgIpc) is 2.96. The summed E-state index contributed by atoms with van der Waals surface area (Å²) in [6.45, 7) is 2.57. The van der Waals surface area contributed by atoms with Crippen LogP contribution in [0.3, 0.4) is 0 Å². The Kier molecular flexibility index (Phi) is 4.97. The molecule has 0 radical (unpaired) electrons. The fourth-order valence-corrected chi connectivity index (χ4v) is 3.66. The Morgan fingerprint density at radius 1 is 1.19 bits per heavy atom. The second kappa shape index (κ2) is 7.07. The summed E-state index contributed by atoms with van der Waals surface area (Å²) in [5.74, 6) is 1.69. The van der Waals surface area contributed by atoms with E-state index in [1.165, 1.54) is 4.68 Å². The van der Waals surface area contributed by atoms with E-state index in [9.17, 15) is 15.2 Å². The first kappa shape index (κ1) is 19.0. The van der Waals surface area contributed by atoms with E-state index in [4.69, 9.17) is 9.47 Å². The fourth-order valence-electron chi connectivity index (χ4n) is 3.66. The Morgan fingerprint density at radius 2 is 1.74 bits per heavy atom. The van der Waals surface area contributed by atoms with Gasteiger partial charge in [-0.15, -0.1) is 0 Å². The van der Waals surface area contributed by atoms with Crippen molar-refractivity contribution in [1.29, 1.82) is 0 Å². The molecule has 0 saturated carbocycles. The predicted octanol–water partition coefficient (Wildman–Crippen LogP) is 2.14. The zero-order valence-corrected chi connectivity index (χ0v) is 15.9. The van der Waals surface area contributed by atoms with Gasteiger partial charge in [-0.25, -0.2) is 4.68 Å². The van der Waals surface area contributed by atoms with Crippen LogP contribution in [0.25, 0.3) is 0 Å². The van der Waals surface area contributed by atoms with Crippen molar-refractivity contribution in [3.8, 4) is 11.5 Å². The molecule has 1 fully saturated rings. The fraction of sp³-hybridized carbons (Fsp3) is 0.500. The highest BCUT2D eigenvalue weighted by molar-refractivity contribution is 5.61. The maximum absolute atomic E-state index is 11.4. The molecule has 2 aromatic rings. The molecule has 9 nitrogen and oxygen atoms in total. The van der Waals surface area contributed by atoms with Crippen LogP contribution in [0.1, 0.15) is 24.1 Å². The summed E-state index contributed by atoms with van der Waals surface area (Å²) in [6, 6.07) is 5.35. The number of benzene rings is 1. The van der Waals surface area contributed by atoms with E-state index in [-0.39, 0.29) is 5.69 Å². The Bertz CT molecular complexity index is 833. The number of hydrogen-bond donors (Lipinski definition) is 1. The molecule has 1 aromatic heterocycles. The first-order chi connectivity index (χ1) is 12.8. The largest absolute Gasteiger partial charge is 0.497 e. The molecule has 27 heavy (non-hydrogen) atoms. The van der Waals surface area contributed by atoms with Gasteiger partial charge in [-0.05, 0) is 37.5 Å². The number of nitro groups is 1. The number of aliphatic hydroxyl groups is 1. The standard InChI is InChI=1S/C18H24N4O5/c1-12-16(22(24)25)17(20(2)19-12)21-7-5-18(23,6-8-21)13-9-14(26-3)11-15(10-13)27-4/h9-11,23H,5-8H2,1-4H3. The van der Waals surface area contributed by atoms with Gasteiger partial charge in [0.25, 0.3) is 0 Å². The normalized spacial score (nSPS) is 16.3. The number of methoxy groups -OCH3 is 2. The highest BCUT2D eigenvalue weighted by Gasteiger charge is 2.38. The monoisotopic (exact) mass is 376 g/mol. The minimum Gasteiger partial charge on any atom is -0.497 e. The second-order valence-electron chi connectivity index (χ2n) is 6.76. The van der Waals surface area contributed by atoms with Crippen molar-refractivity contribution in [1.82, 2.24) is 9.78 Å². The molecule has 3 rings (SSSR count). The molecule has 1 aromatic carbocycles. The number of aryl methyl sites for hydroxylation is 2. The van der Waals surface area contributed by atoms with Gasteiger partial charge in [-0.3, -0.25) is 10.1 Å². The molecule has 9 heteroatoms. The van der Waals surface area contributed by atoms with Crippen LogP contribution in [0.15, 0.2) is 18.2 Å². The third-order valence-electron chi connectivity index (χ3n) is 5.12. The number of aromatic nitrogens is 2. The van der Waals surface area contributed by atoms with E-state index in [1.54, 1.807) is 46.4 Å². The lowest BCUT2D eigenvalue weighted by molar-refractivity contribution is -0.384. The molecule has 1 aliphatic heterocycles. The van der Waals surface area contributed by atoms with Crippen molar-refractivity contribution in [2.45, 2.75) is 25.4 Å². The van der Waals surface area contributed by atoms with Crippen LogP contribution in [0.4, 0.5) is 11.5 Å². The quantitative estimate of drug-likeness (QED) is 0.630. The zero-order chi connectivity index (χ0) is 19.8. The highest BCUT2D eigenvalue weighted by Crippen LogP contribution is 2.40. The minimum atomic E-state index is -1.05. The molecule has 0 aliphatic carbocycles. The molecule has 146 valence electrons. The molecule has 1 N–H and O–H groups in total. The van der Waals surface area contributed by atoms with Gasteiger partial charge in [0.1, 0.15) is 17.2 Å². The summed E-state index contributed by atoms with van der Waals surface area (Å²) >= 11 is 0. The summed E-state index contributed by atoms with van der Waals surface area (Å²) in [7, 11) is 4.83. The van der Waals surface area contributed by atoms with Crippen molar-refractivity contribution in [2.24, 2.45) is 7.05 Å². The molecule has 0 atom stereocenters. The summed E-state index contributed by atoms with van der Waals surface area (Å²) in [5, 5.41) is 26.8. The summed E-state index contributed by atoms with van der Waals surface area (Å²) in [4.78, 5) is 12.9. The zero-order valence-electron chi connectivity index (χ0n) is 15.9. The van der Waals surface area contributed by atoms with Crippen LogP contribution in [0.2, 0.25) is 0 Å². The lowest BCUT2D eigenvalue weighted by Gasteiger charge is -2.39. The lowest BCUT2D eigenvalue weighted by Crippen LogP contribution is -2.43. The maximum atomic E-state index is 11.4. The van der Waals surface area contributed by atoms with Crippen LogP contribution in [0.5, 0.6) is 11.5 Å². The number of hydrogen-bond acceptors (Lipinski definition) is 7. The predicted molar refractivity (Wildman–Crippen MR) is 99.5 cm³/mol. The maximum Gasteiger partial charge on any atom is 0.333 e. The van der Waals surface area contributed by atoms with Crippen LogP contribution < -0.4 is 14.4 Å². The summed E-state index contributed by atoms with van der Waals surface area (Å²) < 4.78 is 12.1. The second-order valence-corrected chi connectivity index (χ2v) is 6.76. The summed E-state index contributed by atoms with van der Waals surface area (Å²) in [5.41, 5.74) is 0.0664. The number of nitrogens with zero attached hydrogens (tertiary/aromatic N) is 4. The third-order valence-corrected chi connectivity index (χ3v) is 5.12. The molecule has 0 bridgehead atoms. The Labute approximate surface area is 157 Å².